The summed E-state index contributed by atoms with van der Waals surface area (Å²) in [5.74, 6) is -0.538. The Morgan fingerprint density at radius 1 is 1.00 bits per heavy atom. The molecule has 0 radical (unpaired) electrons. The number of rotatable bonds is 3. The van der Waals surface area contributed by atoms with E-state index in [1.165, 1.54) is 37.4 Å². The van der Waals surface area contributed by atoms with Crippen molar-refractivity contribution < 1.29 is 19.4 Å². The maximum atomic E-state index is 11.2. The maximum Gasteiger partial charge on any atom is 0.367 e. The number of nitriles is 1. The lowest BCUT2D eigenvalue weighted by Gasteiger charge is -1.89. The molecular weight excluding hydrogens is 434 g/mol. The number of non-ortho nitro benzene ring substituents is 2. The lowest BCUT2D eigenvalue weighted by molar-refractivity contribution is -0.384. The molecule has 0 N–H and O–H groups in total. The average molecular weight is 443 g/mol. The Morgan fingerprint density at radius 2 is 1.53 bits per heavy atom. The van der Waals surface area contributed by atoms with Crippen molar-refractivity contribution in [3.8, 4) is 6.07 Å². The van der Waals surface area contributed by atoms with Crippen LogP contribution in [0.2, 0.25) is 0 Å². The number of nitro groups is 2. The van der Waals surface area contributed by atoms with Crippen molar-refractivity contribution in [3.63, 3.8) is 0 Å². The predicted molar refractivity (Wildman–Crippen MR) is 109 cm³/mol. The molecule has 0 aliphatic carbocycles. The predicted octanol–water partition coefficient (Wildman–Crippen LogP) is 4.07. The van der Waals surface area contributed by atoms with E-state index in [9.17, 15) is 25.0 Å². The van der Waals surface area contributed by atoms with Crippen LogP contribution in [0.25, 0.3) is 20.4 Å². The molecule has 11 nitrogen and oxygen atoms in total. The standard InChI is InChI=1S/C9H6N2O4S.C8H3N3O2S/c1-15-9(12)8-10-6-3-2-5(11(13)14)4-7(6)16-8;9-4-8-10-6-2-1-5(11(12)13)3-7(6)14-8/h2-4H,1H3;1-3H. The fourth-order valence-electron chi connectivity index (χ4n) is 2.28. The molecule has 0 atom stereocenters. The molecule has 0 saturated heterocycles. The summed E-state index contributed by atoms with van der Waals surface area (Å²) in [6.45, 7) is 0. The van der Waals surface area contributed by atoms with Crippen LogP contribution in [0.4, 0.5) is 11.4 Å². The van der Waals surface area contributed by atoms with Crippen molar-refractivity contribution >= 4 is 60.5 Å². The monoisotopic (exact) mass is 443 g/mol. The van der Waals surface area contributed by atoms with Gasteiger partial charge in [0.25, 0.3) is 11.4 Å². The van der Waals surface area contributed by atoms with E-state index in [2.05, 4.69) is 14.7 Å². The lowest BCUT2D eigenvalue weighted by Crippen LogP contribution is -1.99. The lowest BCUT2D eigenvalue weighted by atomic mass is 10.3. The fraction of sp³-hybridized carbons (Fsp3) is 0.0588. The zero-order chi connectivity index (χ0) is 21.8. The van der Waals surface area contributed by atoms with Crippen molar-refractivity contribution in [2.45, 2.75) is 0 Å². The first kappa shape index (κ1) is 20.7. The van der Waals surface area contributed by atoms with E-state index in [1.807, 2.05) is 6.07 Å². The summed E-state index contributed by atoms with van der Waals surface area (Å²) >= 11 is 2.22. The molecule has 0 fully saturated rings. The van der Waals surface area contributed by atoms with Gasteiger partial charge in [-0.25, -0.2) is 14.8 Å². The highest BCUT2D eigenvalue weighted by Crippen LogP contribution is 2.27. The Balaban J connectivity index is 0.000000172. The number of hydrogen-bond acceptors (Lipinski definition) is 11. The number of benzene rings is 2. The van der Waals surface area contributed by atoms with Crippen LogP contribution in [0.15, 0.2) is 36.4 Å². The number of fused-ring (bicyclic) bond motifs is 2. The van der Waals surface area contributed by atoms with Gasteiger partial charge in [0.2, 0.25) is 5.01 Å². The number of nitro benzene ring substituents is 2. The summed E-state index contributed by atoms with van der Waals surface area (Å²) in [6.07, 6.45) is 0. The first-order valence-corrected chi connectivity index (χ1v) is 9.54. The molecule has 0 saturated carbocycles. The van der Waals surface area contributed by atoms with Gasteiger partial charge in [0.1, 0.15) is 6.07 Å². The van der Waals surface area contributed by atoms with Gasteiger partial charge in [-0.2, -0.15) is 5.26 Å². The molecule has 0 bridgehead atoms. The normalized spacial score (nSPS) is 10.1. The average Bonchev–Trinajstić information content (AvgIpc) is 3.35. The van der Waals surface area contributed by atoms with E-state index < -0.39 is 15.8 Å². The number of aromatic nitrogens is 2. The van der Waals surface area contributed by atoms with Gasteiger partial charge < -0.3 is 4.74 Å². The van der Waals surface area contributed by atoms with Gasteiger partial charge in [-0.15, -0.1) is 22.7 Å². The molecule has 4 rings (SSSR count). The minimum Gasteiger partial charge on any atom is -0.464 e. The van der Waals surface area contributed by atoms with Crippen LogP contribution in [-0.2, 0) is 4.74 Å². The summed E-state index contributed by atoms with van der Waals surface area (Å²) in [5, 5.41) is 30.1. The topological polar surface area (TPSA) is 162 Å². The van der Waals surface area contributed by atoms with Crippen LogP contribution in [-0.4, -0.2) is 32.9 Å². The first-order valence-electron chi connectivity index (χ1n) is 7.90. The third-order valence-electron chi connectivity index (χ3n) is 3.62. The second kappa shape index (κ2) is 8.55. The number of methoxy groups -OCH3 is 1. The number of esters is 1. The molecule has 13 heteroatoms. The summed E-state index contributed by atoms with van der Waals surface area (Å²) < 4.78 is 5.77. The van der Waals surface area contributed by atoms with Crippen LogP contribution in [0, 0.1) is 31.6 Å². The highest BCUT2D eigenvalue weighted by atomic mass is 32.1. The molecule has 150 valence electrons. The van der Waals surface area contributed by atoms with E-state index in [0.29, 0.717) is 25.4 Å². The summed E-state index contributed by atoms with van der Waals surface area (Å²) in [7, 11) is 1.26. The Hall–Kier alpha value is -4.02. The van der Waals surface area contributed by atoms with Gasteiger partial charge in [0, 0.05) is 24.3 Å². The molecule has 0 aliphatic heterocycles. The highest BCUT2D eigenvalue weighted by molar-refractivity contribution is 7.20. The molecule has 4 aromatic rings. The van der Waals surface area contributed by atoms with Gasteiger partial charge in [-0.1, -0.05) is 0 Å². The SMILES string of the molecule is COC(=O)c1nc2ccc([N+](=O)[O-])cc2s1.N#Cc1nc2ccc([N+](=O)[O-])cc2s1. The largest absolute Gasteiger partial charge is 0.464 e. The first-order chi connectivity index (χ1) is 14.3. The molecule has 0 amide bonds. The van der Waals surface area contributed by atoms with Crippen molar-refractivity contribution in [3.05, 3.63) is 66.6 Å². The second-order valence-corrected chi connectivity index (χ2v) is 7.52. The molecular formula is C17H9N5O6S2. The van der Waals surface area contributed by atoms with E-state index in [4.69, 9.17) is 5.26 Å². The van der Waals surface area contributed by atoms with E-state index in [0.717, 1.165) is 22.7 Å². The Bertz CT molecular complexity index is 1340. The van der Waals surface area contributed by atoms with E-state index in [1.54, 1.807) is 6.07 Å². The molecule has 30 heavy (non-hydrogen) atoms. The minimum absolute atomic E-state index is 0.0191. The van der Waals surface area contributed by atoms with Crippen LogP contribution >= 0.6 is 22.7 Å². The molecule has 0 spiro atoms. The Morgan fingerprint density at radius 3 is 2.03 bits per heavy atom. The zero-order valence-electron chi connectivity index (χ0n) is 15.0. The fourth-order valence-corrected chi connectivity index (χ4v) is 3.99. The third kappa shape index (κ3) is 4.35. The highest BCUT2D eigenvalue weighted by Gasteiger charge is 2.15. The van der Waals surface area contributed by atoms with Crippen molar-refractivity contribution in [1.29, 1.82) is 5.26 Å². The smallest absolute Gasteiger partial charge is 0.367 e. The van der Waals surface area contributed by atoms with Gasteiger partial charge in [0.05, 0.1) is 37.4 Å². The summed E-state index contributed by atoms with van der Waals surface area (Å²) in [5.41, 5.74) is 1.17. The number of nitrogens with zero attached hydrogens (tertiary/aromatic N) is 5. The number of carbonyl (C=O) groups is 1. The van der Waals surface area contributed by atoms with Gasteiger partial charge in [0.15, 0.2) is 5.01 Å². The summed E-state index contributed by atoms with van der Waals surface area (Å²) in [6, 6.07) is 10.5. The molecule has 2 aromatic carbocycles. The number of ether oxygens (including phenoxy) is 1. The van der Waals surface area contributed by atoms with Crippen LogP contribution < -0.4 is 0 Å². The number of hydrogen-bond donors (Lipinski definition) is 0. The summed E-state index contributed by atoms with van der Waals surface area (Å²) in [4.78, 5) is 39.2. The van der Waals surface area contributed by atoms with E-state index >= 15 is 0 Å². The maximum absolute atomic E-state index is 11.2. The van der Waals surface area contributed by atoms with Crippen LogP contribution in [0.3, 0.4) is 0 Å². The van der Waals surface area contributed by atoms with E-state index in [-0.39, 0.29) is 16.4 Å². The minimum atomic E-state index is -0.538. The zero-order valence-corrected chi connectivity index (χ0v) is 16.6. The molecule has 0 aliphatic rings. The number of carbonyl (C=O) groups excluding carboxylic acids is 1. The van der Waals surface area contributed by atoms with Crippen LogP contribution in [0.1, 0.15) is 14.8 Å². The quantitative estimate of drug-likeness (QED) is 0.258. The molecule has 0 unspecified atom stereocenters. The Labute approximate surface area is 175 Å². The molecule has 2 aromatic heterocycles. The van der Waals surface area contributed by atoms with Gasteiger partial charge in [-0.05, 0) is 12.1 Å². The van der Waals surface area contributed by atoms with Gasteiger partial charge >= 0.3 is 5.97 Å². The van der Waals surface area contributed by atoms with Crippen LogP contribution in [0.5, 0.6) is 0 Å². The number of thiazole rings is 2. The van der Waals surface area contributed by atoms with Crippen molar-refractivity contribution in [1.82, 2.24) is 9.97 Å². The van der Waals surface area contributed by atoms with Crippen molar-refractivity contribution in [2.75, 3.05) is 7.11 Å². The van der Waals surface area contributed by atoms with Crippen molar-refractivity contribution in [2.24, 2.45) is 0 Å². The second-order valence-electron chi connectivity index (χ2n) is 5.46. The van der Waals surface area contributed by atoms with Gasteiger partial charge in [-0.3, -0.25) is 20.2 Å². The third-order valence-corrected chi connectivity index (χ3v) is 5.54. The Kier molecular flexibility index (Phi) is 5.90. The molecule has 2 heterocycles.